The van der Waals surface area contributed by atoms with Crippen LogP contribution in [0.3, 0.4) is 0 Å². The van der Waals surface area contributed by atoms with E-state index in [0.717, 1.165) is 42.5 Å². The molecule has 0 spiro atoms. The highest BCUT2D eigenvalue weighted by Gasteiger charge is 2.36. The summed E-state index contributed by atoms with van der Waals surface area (Å²) < 4.78 is 20.2. The first kappa shape index (κ1) is 29.9. The topological polar surface area (TPSA) is 77.1 Å². The fourth-order valence-electron chi connectivity index (χ4n) is 6.65. The van der Waals surface area contributed by atoms with Crippen LogP contribution < -0.4 is 9.64 Å². The van der Waals surface area contributed by atoms with E-state index in [0.29, 0.717) is 29.9 Å². The lowest BCUT2D eigenvalue weighted by atomic mass is 9.98. The quantitative estimate of drug-likeness (QED) is 0.251. The molecular weight excluding hydrogens is 575 g/mol. The highest BCUT2D eigenvalue weighted by molar-refractivity contribution is 7.99. The molecule has 3 aliphatic rings. The lowest BCUT2D eigenvalue weighted by Gasteiger charge is -2.40. The number of aromatic nitrogens is 1. The summed E-state index contributed by atoms with van der Waals surface area (Å²) >= 11 is 1.89. The van der Waals surface area contributed by atoms with Gasteiger partial charge in [0.05, 0.1) is 11.2 Å². The fraction of sp³-hybridized carbons (Fsp3) is 0.412. The number of nitrogens with zero attached hydrogens (tertiary/aromatic N) is 6. The van der Waals surface area contributed by atoms with E-state index in [1.165, 1.54) is 27.3 Å². The molecule has 4 heterocycles. The average Bonchev–Trinajstić information content (AvgIpc) is 3.46. The molecule has 0 unspecified atom stereocenters. The van der Waals surface area contributed by atoms with E-state index in [1.54, 1.807) is 0 Å². The van der Waals surface area contributed by atoms with Crippen molar-refractivity contribution in [3.63, 3.8) is 0 Å². The van der Waals surface area contributed by atoms with Crippen LogP contribution in [0.2, 0.25) is 0 Å². The largest absolute Gasteiger partial charge is 0.475 e. The number of amides is 1. The number of anilines is 1. The number of rotatable bonds is 7. The minimum atomic E-state index is -1.04. The molecule has 3 aliphatic heterocycles. The SMILES string of the molecule is [C-]#[N+]C[C@H]1CN(c2c(C#N)c(OC[C@@H]3CCCN3C)nc3cc(-c4cccc5c4SCCC5)ccc23)CCN1C(=O)C(=C)F. The standard InChI is InChI=1S/C34H35FN6O2S/c1-22(35)34(42)41-15-14-40(20-26(41)19-37-2)31-28-12-11-24(27-10-4-7-23-8-6-16-44-32(23)27)17-30(28)38-33(29(31)18-36)43-21-25-9-5-13-39(25)3/h4,7,10-12,17,25-26H,1,5-6,8-9,13-16,19-21H2,3H3/t25-,26-/m0/s1. The summed E-state index contributed by atoms with van der Waals surface area (Å²) in [6.45, 7) is 12.9. The number of fused-ring (bicyclic) bond motifs is 2. The monoisotopic (exact) mass is 610 g/mol. The summed E-state index contributed by atoms with van der Waals surface area (Å²) in [5, 5.41) is 11.3. The minimum absolute atomic E-state index is 0.0126. The van der Waals surface area contributed by atoms with E-state index in [9.17, 15) is 14.4 Å². The van der Waals surface area contributed by atoms with Crippen molar-refractivity contribution < 1.29 is 13.9 Å². The molecule has 2 saturated heterocycles. The molecule has 8 nitrogen and oxygen atoms in total. The number of piperazine rings is 1. The van der Waals surface area contributed by atoms with Gasteiger partial charge in [-0.3, -0.25) is 4.79 Å². The second kappa shape index (κ2) is 12.9. The van der Waals surface area contributed by atoms with E-state index in [4.69, 9.17) is 16.3 Å². The van der Waals surface area contributed by atoms with Gasteiger partial charge in [0, 0.05) is 36.0 Å². The number of benzene rings is 2. The van der Waals surface area contributed by atoms with Crippen LogP contribution in [0, 0.1) is 17.9 Å². The Bertz CT molecular complexity index is 1700. The third-order valence-corrected chi connectivity index (χ3v) is 10.2. The minimum Gasteiger partial charge on any atom is -0.475 e. The van der Waals surface area contributed by atoms with Gasteiger partial charge >= 0.3 is 0 Å². The first-order chi connectivity index (χ1) is 21.4. The predicted molar refractivity (Wildman–Crippen MR) is 172 cm³/mol. The molecule has 10 heteroatoms. The summed E-state index contributed by atoms with van der Waals surface area (Å²) in [5.74, 6) is -0.456. The second-order valence-corrected chi connectivity index (χ2v) is 12.8. The molecule has 0 aliphatic carbocycles. The van der Waals surface area contributed by atoms with E-state index in [-0.39, 0.29) is 31.6 Å². The van der Waals surface area contributed by atoms with E-state index in [1.807, 2.05) is 22.7 Å². The zero-order valence-electron chi connectivity index (χ0n) is 24.9. The molecule has 3 aromatic rings. The molecule has 2 atom stereocenters. The molecule has 1 amide bonds. The van der Waals surface area contributed by atoms with Gasteiger partial charge in [-0.1, -0.05) is 36.9 Å². The van der Waals surface area contributed by atoms with Gasteiger partial charge in [0.1, 0.15) is 24.3 Å². The molecule has 0 saturated carbocycles. The van der Waals surface area contributed by atoms with Crippen molar-refractivity contribution in [1.82, 2.24) is 14.8 Å². The smallest absolute Gasteiger partial charge is 0.282 e. The van der Waals surface area contributed by atoms with Gasteiger partial charge in [-0.2, -0.15) is 5.26 Å². The van der Waals surface area contributed by atoms with Crippen LogP contribution in [0.1, 0.15) is 30.4 Å². The van der Waals surface area contributed by atoms with Crippen molar-refractivity contribution in [2.24, 2.45) is 0 Å². The molecule has 0 radical (unpaired) electrons. The molecular formula is C34H35FN6O2S. The molecule has 0 bridgehead atoms. The number of aryl methyl sites for hydroxylation is 1. The lowest BCUT2D eigenvalue weighted by Crippen LogP contribution is -2.56. The number of ether oxygens (including phenoxy) is 1. The highest BCUT2D eigenvalue weighted by Crippen LogP contribution is 2.42. The molecule has 2 aromatic carbocycles. The first-order valence-electron chi connectivity index (χ1n) is 15.1. The van der Waals surface area contributed by atoms with Crippen LogP contribution >= 0.6 is 11.8 Å². The Morgan fingerprint density at radius 2 is 2.11 bits per heavy atom. The van der Waals surface area contributed by atoms with Gasteiger partial charge in [-0.05, 0) is 67.8 Å². The van der Waals surface area contributed by atoms with Crippen LogP contribution in [0.5, 0.6) is 5.88 Å². The van der Waals surface area contributed by atoms with Crippen molar-refractivity contribution in [2.45, 2.75) is 42.7 Å². The van der Waals surface area contributed by atoms with Gasteiger partial charge in [-0.25, -0.2) is 15.9 Å². The zero-order chi connectivity index (χ0) is 30.8. The van der Waals surface area contributed by atoms with Crippen molar-refractivity contribution in [1.29, 1.82) is 5.26 Å². The van der Waals surface area contributed by atoms with Crippen molar-refractivity contribution in [2.75, 3.05) is 57.0 Å². The van der Waals surface area contributed by atoms with Gasteiger partial charge in [0.25, 0.3) is 5.91 Å². The number of halogens is 1. The average molecular weight is 611 g/mol. The van der Waals surface area contributed by atoms with Crippen LogP contribution in [-0.4, -0.2) is 84.9 Å². The van der Waals surface area contributed by atoms with Crippen molar-refractivity contribution in [3.8, 4) is 23.1 Å². The second-order valence-electron chi connectivity index (χ2n) is 11.7. The molecule has 0 N–H and O–H groups in total. The van der Waals surface area contributed by atoms with Crippen molar-refractivity contribution >= 4 is 34.3 Å². The summed E-state index contributed by atoms with van der Waals surface area (Å²) in [5.41, 5.74) is 5.30. The first-order valence-corrected chi connectivity index (χ1v) is 16.1. The van der Waals surface area contributed by atoms with Crippen molar-refractivity contribution in [3.05, 3.63) is 71.3 Å². The Kier molecular flexibility index (Phi) is 8.74. The molecule has 6 rings (SSSR count). The maximum Gasteiger partial charge on any atom is 0.282 e. The number of carbonyl (C=O) groups is 1. The number of carbonyl (C=O) groups excluding carboxylic acids is 1. The van der Waals surface area contributed by atoms with E-state index in [2.05, 4.69) is 59.8 Å². The number of nitriles is 1. The number of hydrogen-bond donors (Lipinski definition) is 0. The third-order valence-electron chi connectivity index (χ3n) is 8.96. The number of thioether (sulfide) groups is 1. The Labute approximate surface area is 261 Å². The Morgan fingerprint density at radius 3 is 2.86 bits per heavy atom. The lowest BCUT2D eigenvalue weighted by molar-refractivity contribution is -0.131. The molecule has 1 aromatic heterocycles. The van der Waals surface area contributed by atoms with Crippen LogP contribution in [0.4, 0.5) is 10.1 Å². The van der Waals surface area contributed by atoms with Crippen LogP contribution in [-0.2, 0) is 11.2 Å². The molecule has 44 heavy (non-hydrogen) atoms. The Balaban J connectivity index is 1.45. The normalized spacial score (nSPS) is 20.2. The number of pyridine rings is 1. The maximum atomic E-state index is 13.9. The highest BCUT2D eigenvalue weighted by atomic mass is 32.2. The number of likely N-dealkylation sites (N-methyl/N-ethyl adjacent to an activating group) is 1. The molecule has 226 valence electrons. The Morgan fingerprint density at radius 1 is 1.25 bits per heavy atom. The van der Waals surface area contributed by atoms with E-state index < -0.39 is 17.8 Å². The maximum absolute atomic E-state index is 13.9. The van der Waals surface area contributed by atoms with Gasteiger partial charge in [-0.15, -0.1) is 11.8 Å². The molecule has 2 fully saturated rings. The summed E-state index contributed by atoms with van der Waals surface area (Å²) in [7, 11) is 2.08. The predicted octanol–water partition coefficient (Wildman–Crippen LogP) is 5.70. The summed E-state index contributed by atoms with van der Waals surface area (Å²) in [6, 6.07) is 14.7. The fourth-order valence-corrected chi connectivity index (χ4v) is 7.84. The summed E-state index contributed by atoms with van der Waals surface area (Å²) in [4.78, 5) is 28.0. The van der Waals surface area contributed by atoms with E-state index >= 15 is 0 Å². The summed E-state index contributed by atoms with van der Waals surface area (Å²) in [6.07, 6.45) is 4.37. The number of hydrogen-bond acceptors (Lipinski definition) is 7. The number of likely N-dealkylation sites (tertiary alicyclic amines) is 1. The van der Waals surface area contributed by atoms with Crippen LogP contribution in [0.15, 0.2) is 53.7 Å². The van der Waals surface area contributed by atoms with Gasteiger partial charge in [0.2, 0.25) is 12.4 Å². The van der Waals surface area contributed by atoms with Gasteiger partial charge in [0.15, 0.2) is 5.83 Å². The van der Waals surface area contributed by atoms with Crippen LogP contribution in [0.25, 0.3) is 26.9 Å². The third kappa shape index (κ3) is 5.72. The van der Waals surface area contributed by atoms with Gasteiger partial charge < -0.3 is 24.3 Å². The Hall–Kier alpha value is -4.12. The zero-order valence-corrected chi connectivity index (χ0v) is 25.7.